The standard InChI is InChI=1S/C25H20FN3O2/c26-21-12-11-18(23-20(21)9-3-13-27-23)16-6-1-7-17-15(16)5-2-8-19(17)24(30)29-22-10-4-14-28-25(22)31/h1-3,5-9,11-13,22H,4,10,14H2,(H,28,31)(H,29,30). The van der Waals surface area contributed by atoms with Gasteiger partial charge in [0.1, 0.15) is 11.9 Å². The van der Waals surface area contributed by atoms with E-state index in [2.05, 4.69) is 15.6 Å². The van der Waals surface area contributed by atoms with Crippen LogP contribution in [0.15, 0.2) is 66.9 Å². The molecule has 0 saturated carbocycles. The maximum atomic E-state index is 14.3. The lowest BCUT2D eigenvalue weighted by Crippen LogP contribution is -2.50. The molecule has 1 aromatic heterocycles. The number of amides is 2. The van der Waals surface area contributed by atoms with Crippen LogP contribution in [0.5, 0.6) is 0 Å². The Labute approximate surface area is 178 Å². The lowest BCUT2D eigenvalue weighted by Gasteiger charge is -2.23. The molecule has 0 aliphatic carbocycles. The SMILES string of the molecule is O=C(NC1CCCNC1=O)c1cccc2c(-c3ccc(F)c4cccnc34)cccc12. The second kappa shape index (κ2) is 7.80. The van der Waals surface area contributed by atoms with Gasteiger partial charge in [-0.05, 0) is 59.5 Å². The highest BCUT2D eigenvalue weighted by atomic mass is 19.1. The average molecular weight is 413 g/mol. The molecule has 2 N–H and O–H groups in total. The highest BCUT2D eigenvalue weighted by Crippen LogP contribution is 2.34. The molecule has 1 aliphatic rings. The molecule has 1 unspecified atom stereocenters. The van der Waals surface area contributed by atoms with E-state index < -0.39 is 6.04 Å². The number of fused-ring (bicyclic) bond motifs is 2. The molecule has 0 bridgehead atoms. The Morgan fingerprint density at radius 2 is 1.77 bits per heavy atom. The molecule has 0 radical (unpaired) electrons. The maximum Gasteiger partial charge on any atom is 0.252 e. The van der Waals surface area contributed by atoms with Gasteiger partial charge in [0.2, 0.25) is 5.91 Å². The number of rotatable bonds is 3. The Balaban J connectivity index is 1.61. The molecule has 2 amide bonds. The van der Waals surface area contributed by atoms with Gasteiger partial charge in [0, 0.05) is 29.3 Å². The highest BCUT2D eigenvalue weighted by Gasteiger charge is 2.25. The fourth-order valence-electron chi connectivity index (χ4n) is 4.24. The summed E-state index contributed by atoms with van der Waals surface area (Å²) in [5, 5.41) is 7.73. The molecule has 0 spiro atoms. The van der Waals surface area contributed by atoms with E-state index in [-0.39, 0.29) is 17.6 Å². The van der Waals surface area contributed by atoms with Crippen molar-refractivity contribution < 1.29 is 14.0 Å². The van der Waals surface area contributed by atoms with Gasteiger partial charge in [-0.3, -0.25) is 14.6 Å². The number of nitrogens with one attached hydrogen (secondary N) is 2. The molecule has 1 saturated heterocycles. The molecule has 4 aromatic rings. The lowest BCUT2D eigenvalue weighted by molar-refractivity contribution is -0.124. The predicted molar refractivity (Wildman–Crippen MR) is 118 cm³/mol. The van der Waals surface area contributed by atoms with Gasteiger partial charge in [0.25, 0.3) is 5.91 Å². The molecule has 31 heavy (non-hydrogen) atoms. The monoisotopic (exact) mass is 413 g/mol. The Morgan fingerprint density at radius 1 is 0.968 bits per heavy atom. The molecule has 2 heterocycles. The average Bonchev–Trinajstić information content (AvgIpc) is 2.80. The van der Waals surface area contributed by atoms with Crippen molar-refractivity contribution >= 4 is 33.5 Å². The second-order valence-corrected chi connectivity index (χ2v) is 7.66. The van der Waals surface area contributed by atoms with Crippen molar-refractivity contribution in [2.45, 2.75) is 18.9 Å². The molecule has 154 valence electrons. The first-order valence-corrected chi connectivity index (χ1v) is 10.3. The first-order chi connectivity index (χ1) is 15.1. The summed E-state index contributed by atoms with van der Waals surface area (Å²) < 4.78 is 14.3. The van der Waals surface area contributed by atoms with Crippen LogP contribution in [0.3, 0.4) is 0 Å². The third kappa shape index (κ3) is 3.40. The number of carbonyl (C=O) groups excluding carboxylic acids is 2. The van der Waals surface area contributed by atoms with E-state index in [1.807, 2.05) is 30.3 Å². The van der Waals surface area contributed by atoms with Gasteiger partial charge in [-0.1, -0.05) is 30.3 Å². The number of carbonyl (C=O) groups is 2. The van der Waals surface area contributed by atoms with Crippen molar-refractivity contribution in [2.75, 3.05) is 6.54 Å². The summed E-state index contributed by atoms with van der Waals surface area (Å²) in [7, 11) is 0. The van der Waals surface area contributed by atoms with Crippen molar-refractivity contribution in [3.63, 3.8) is 0 Å². The number of nitrogens with zero attached hydrogens (tertiary/aromatic N) is 1. The van der Waals surface area contributed by atoms with E-state index in [0.717, 1.165) is 28.3 Å². The van der Waals surface area contributed by atoms with Gasteiger partial charge in [-0.25, -0.2) is 4.39 Å². The number of benzene rings is 3. The Kier molecular flexibility index (Phi) is 4.82. The molecule has 1 aliphatic heterocycles. The highest BCUT2D eigenvalue weighted by molar-refractivity contribution is 6.12. The molecule has 3 aromatic carbocycles. The number of aromatic nitrogens is 1. The van der Waals surface area contributed by atoms with Crippen molar-refractivity contribution in [3.8, 4) is 11.1 Å². The van der Waals surface area contributed by atoms with E-state index in [1.165, 1.54) is 6.07 Å². The Hall–Kier alpha value is -3.80. The molecule has 5 rings (SSSR count). The predicted octanol–water partition coefficient (Wildman–Crippen LogP) is 4.20. The minimum Gasteiger partial charge on any atom is -0.354 e. The minimum absolute atomic E-state index is 0.149. The Morgan fingerprint density at radius 3 is 2.65 bits per heavy atom. The van der Waals surface area contributed by atoms with Gasteiger partial charge in [0.15, 0.2) is 0 Å². The van der Waals surface area contributed by atoms with Gasteiger partial charge in [-0.15, -0.1) is 0 Å². The summed E-state index contributed by atoms with van der Waals surface area (Å²) >= 11 is 0. The smallest absolute Gasteiger partial charge is 0.252 e. The number of pyridine rings is 1. The van der Waals surface area contributed by atoms with Crippen molar-refractivity contribution in [2.24, 2.45) is 0 Å². The molecule has 1 fully saturated rings. The molecule has 6 heteroatoms. The largest absolute Gasteiger partial charge is 0.354 e. The van der Waals surface area contributed by atoms with Crippen molar-refractivity contribution in [1.29, 1.82) is 0 Å². The summed E-state index contributed by atoms with van der Waals surface area (Å²) in [4.78, 5) is 29.5. The van der Waals surface area contributed by atoms with E-state index >= 15 is 0 Å². The fourth-order valence-corrected chi connectivity index (χ4v) is 4.24. The normalized spacial score (nSPS) is 16.3. The number of hydrogen-bond donors (Lipinski definition) is 2. The third-order valence-corrected chi connectivity index (χ3v) is 5.76. The number of halogens is 1. The van der Waals surface area contributed by atoms with Crippen LogP contribution in [-0.2, 0) is 4.79 Å². The fraction of sp³-hybridized carbons (Fsp3) is 0.160. The minimum atomic E-state index is -0.523. The summed E-state index contributed by atoms with van der Waals surface area (Å²) in [6.07, 6.45) is 3.10. The van der Waals surface area contributed by atoms with Crippen LogP contribution < -0.4 is 10.6 Å². The third-order valence-electron chi connectivity index (χ3n) is 5.76. The lowest BCUT2D eigenvalue weighted by atomic mass is 9.93. The molecular formula is C25H20FN3O2. The van der Waals surface area contributed by atoms with Crippen LogP contribution in [0.25, 0.3) is 32.8 Å². The number of hydrogen-bond acceptors (Lipinski definition) is 3. The topological polar surface area (TPSA) is 71.1 Å². The number of piperidine rings is 1. The molecule has 1 atom stereocenters. The zero-order valence-electron chi connectivity index (χ0n) is 16.7. The van der Waals surface area contributed by atoms with E-state index in [9.17, 15) is 14.0 Å². The van der Waals surface area contributed by atoms with Crippen LogP contribution in [0, 0.1) is 5.82 Å². The van der Waals surface area contributed by atoms with E-state index in [4.69, 9.17) is 0 Å². The van der Waals surface area contributed by atoms with Crippen LogP contribution in [-0.4, -0.2) is 29.4 Å². The van der Waals surface area contributed by atoms with Crippen LogP contribution in [0.2, 0.25) is 0 Å². The molecular weight excluding hydrogens is 393 g/mol. The van der Waals surface area contributed by atoms with Crippen LogP contribution >= 0.6 is 0 Å². The Bertz CT molecular complexity index is 1340. The van der Waals surface area contributed by atoms with E-state index in [1.54, 1.807) is 30.5 Å². The van der Waals surface area contributed by atoms with Crippen molar-refractivity contribution in [1.82, 2.24) is 15.6 Å². The quantitative estimate of drug-likeness (QED) is 0.529. The van der Waals surface area contributed by atoms with Gasteiger partial charge in [-0.2, -0.15) is 0 Å². The van der Waals surface area contributed by atoms with Gasteiger partial charge < -0.3 is 10.6 Å². The second-order valence-electron chi connectivity index (χ2n) is 7.66. The van der Waals surface area contributed by atoms with Crippen LogP contribution in [0.4, 0.5) is 4.39 Å². The first-order valence-electron chi connectivity index (χ1n) is 10.3. The molecule has 5 nitrogen and oxygen atoms in total. The zero-order valence-corrected chi connectivity index (χ0v) is 16.7. The summed E-state index contributed by atoms with van der Waals surface area (Å²) in [5.41, 5.74) is 2.74. The summed E-state index contributed by atoms with van der Waals surface area (Å²) in [6.45, 7) is 0.641. The van der Waals surface area contributed by atoms with E-state index in [0.29, 0.717) is 29.4 Å². The van der Waals surface area contributed by atoms with Crippen molar-refractivity contribution in [3.05, 3.63) is 78.2 Å². The summed E-state index contributed by atoms with van der Waals surface area (Å²) in [5.74, 6) is -0.755. The first kappa shape index (κ1) is 19.2. The summed E-state index contributed by atoms with van der Waals surface area (Å²) in [6, 6.07) is 17.3. The maximum absolute atomic E-state index is 14.3. The van der Waals surface area contributed by atoms with Crippen LogP contribution in [0.1, 0.15) is 23.2 Å². The zero-order chi connectivity index (χ0) is 21.4. The van der Waals surface area contributed by atoms with Gasteiger partial charge >= 0.3 is 0 Å². The van der Waals surface area contributed by atoms with Gasteiger partial charge in [0.05, 0.1) is 5.52 Å².